The molecule has 7 heteroatoms. The molecule has 1 atom stereocenters. The van der Waals surface area contributed by atoms with Gasteiger partial charge in [-0.2, -0.15) is 4.31 Å². The first-order valence-electron chi connectivity index (χ1n) is 8.67. The summed E-state index contributed by atoms with van der Waals surface area (Å²) >= 11 is 1.78. The quantitative estimate of drug-likeness (QED) is 0.849. The van der Waals surface area contributed by atoms with Gasteiger partial charge in [-0.3, -0.25) is 0 Å². The van der Waals surface area contributed by atoms with Gasteiger partial charge >= 0.3 is 0 Å². The molecule has 0 aromatic carbocycles. The van der Waals surface area contributed by atoms with Gasteiger partial charge in [0.15, 0.2) is 0 Å². The lowest BCUT2D eigenvalue weighted by atomic mass is 10.1. The van der Waals surface area contributed by atoms with Gasteiger partial charge < -0.3 is 5.32 Å². The topological polar surface area (TPSA) is 62.3 Å². The maximum atomic E-state index is 12.7. The smallest absolute Gasteiger partial charge is 0.244 e. The summed E-state index contributed by atoms with van der Waals surface area (Å²) in [6.07, 6.45) is 4.43. The van der Waals surface area contributed by atoms with Crippen LogP contribution in [0, 0.1) is 13.8 Å². The van der Waals surface area contributed by atoms with Crippen molar-refractivity contribution >= 4 is 27.2 Å². The van der Waals surface area contributed by atoms with Gasteiger partial charge in [-0.25, -0.2) is 13.4 Å². The first-order valence-corrected chi connectivity index (χ1v) is 10.9. The van der Waals surface area contributed by atoms with Crippen LogP contribution in [0.2, 0.25) is 0 Å². The molecule has 5 nitrogen and oxygen atoms in total. The highest BCUT2D eigenvalue weighted by atomic mass is 32.2. The van der Waals surface area contributed by atoms with E-state index < -0.39 is 10.0 Å². The minimum Gasteiger partial charge on any atom is -0.364 e. The Labute approximate surface area is 154 Å². The highest BCUT2D eigenvalue weighted by Gasteiger charge is 2.26. The zero-order valence-corrected chi connectivity index (χ0v) is 16.6. The molecule has 1 saturated heterocycles. The molecule has 1 aliphatic heterocycles. The Morgan fingerprint density at radius 2 is 1.92 bits per heavy atom. The van der Waals surface area contributed by atoms with E-state index in [0.717, 1.165) is 19.3 Å². The Bertz CT molecular complexity index is 823. The van der Waals surface area contributed by atoms with Gasteiger partial charge in [-0.1, -0.05) is 6.42 Å². The molecule has 0 bridgehead atoms. The normalized spacial score (nSPS) is 17.4. The van der Waals surface area contributed by atoms with Crippen molar-refractivity contribution in [1.82, 2.24) is 9.29 Å². The minimum atomic E-state index is -3.42. The molecule has 1 aliphatic rings. The SMILES string of the molecule is Cc1cc(C(C)Nc2ccc(S(=O)(=O)N3CCCCC3)cn2)c(C)s1. The number of rotatable bonds is 5. The van der Waals surface area contributed by atoms with Crippen LogP contribution in [0.4, 0.5) is 5.82 Å². The number of pyridine rings is 1. The van der Waals surface area contributed by atoms with E-state index >= 15 is 0 Å². The first kappa shape index (κ1) is 18.4. The van der Waals surface area contributed by atoms with E-state index in [0.29, 0.717) is 18.9 Å². The molecule has 0 saturated carbocycles. The van der Waals surface area contributed by atoms with Crippen molar-refractivity contribution in [3.63, 3.8) is 0 Å². The van der Waals surface area contributed by atoms with E-state index in [9.17, 15) is 8.42 Å². The number of sulfonamides is 1. The number of aryl methyl sites for hydroxylation is 2. The van der Waals surface area contributed by atoms with E-state index in [-0.39, 0.29) is 10.9 Å². The van der Waals surface area contributed by atoms with Gasteiger partial charge in [0.2, 0.25) is 10.0 Å². The lowest BCUT2D eigenvalue weighted by molar-refractivity contribution is 0.346. The Morgan fingerprint density at radius 1 is 1.20 bits per heavy atom. The van der Waals surface area contributed by atoms with Crippen LogP contribution in [-0.4, -0.2) is 30.8 Å². The van der Waals surface area contributed by atoms with Gasteiger partial charge in [0.1, 0.15) is 10.7 Å². The highest BCUT2D eigenvalue weighted by Crippen LogP contribution is 2.28. The van der Waals surface area contributed by atoms with Crippen LogP contribution in [0.25, 0.3) is 0 Å². The Morgan fingerprint density at radius 3 is 2.48 bits per heavy atom. The average molecular weight is 380 g/mol. The highest BCUT2D eigenvalue weighted by molar-refractivity contribution is 7.89. The standard InChI is InChI=1S/C18H25N3O2S2/c1-13-11-17(15(3)24-13)14(2)20-18-8-7-16(12-19-18)25(22,23)21-9-5-4-6-10-21/h7-8,11-12,14H,4-6,9-10H2,1-3H3,(H,19,20). The fraction of sp³-hybridized carbons (Fsp3) is 0.500. The van der Waals surface area contributed by atoms with Crippen molar-refractivity contribution in [1.29, 1.82) is 0 Å². The molecule has 1 fully saturated rings. The number of thiophene rings is 1. The number of anilines is 1. The summed E-state index contributed by atoms with van der Waals surface area (Å²) in [5, 5.41) is 3.36. The van der Waals surface area contributed by atoms with E-state index in [1.807, 2.05) is 0 Å². The van der Waals surface area contributed by atoms with Crippen LogP contribution >= 0.6 is 11.3 Å². The van der Waals surface area contributed by atoms with Crippen LogP contribution in [0.5, 0.6) is 0 Å². The zero-order chi connectivity index (χ0) is 18.0. The van der Waals surface area contributed by atoms with E-state index in [1.54, 1.807) is 27.8 Å². The summed E-state index contributed by atoms with van der Waals surface area (Å²) in [6.45, 7) is 7.53. The maximum absolute atomic E-state index is 12.7. The monoisotopic (exact) mass is 379 g/mol. The second kappa shape index (κ2) is 7.43. The summed E-state index contributed by atoms with van der Waals surface area (Å²) in [7, 11) is -3.42. The predicted molar refractivity (Wildman–Crippen MR) is 103 cm³/mol. The number of hydrogen-bond donors (Lipinski definition) is 1. The van der Waals surface area contributed by atoms with Crippen LogP contribution in [0.3, 0.4) is 0 Å². The Hall–Kier alpha value is -1.44. The third kappa shape index (κ3) is 4.04. The van der Waals surface area contributed by atoms with Crippen molar-refractivity contribution in [2.75, 3.05) is 18.4 Å². The van der Waals surface area contributed by atoms with Crippen molar-refractivity contribution in [2.24, 2.45) is 0 Å². The predicted octanol–water partition coefficient (Wildman–Crippen LogP) is 4.11. The summed E-state index contributed by atoms with van der Waals surface area (Å²) < 4.78 is 26.9. The van der Waals surface area contributed by atoms with Gasteiger partial charge in [0.25, 0.3) is 0 Å². The fourth-order valence-electron chi connectivity index (χ4n) is 3.25. The molecule has 3 heterocycles. The third-order valence-corrected chi connectivity index (χ3v) is 7.46. The molecule has 2 aromatic rings. The van der Waals surface area contributed by atoms with Crippen LogP contribution < -0.4 is 5.32 Å². The van der Waals surface area contributed by atoms with Gasteiger partial charge in [-0.05, 0) is 57.4 Å². The number of hydrogen-bond acceptors (Lipinski definition) is 5. The lowest BCUT2D eigenvalue weighted by Crippen LogP contribution is -2.35. The zero-order valence-electron chi connectivity index (χ0n) is 14.9. The molecule has 1 unspecified atom stereocenters. The van der Waals surface area contributed by atoms with Crippen LogP contribution in [0.15, 0.2) is 29.3 Å². The number of nitrogens with one attached hydrogen (secondary N) is 1. The van der Waals surface area contributed by atoms with E-state index in [1.165, 1.54) is 21.5 Å². The summed E-state index contributed by atoms with van der Waals surface area (Å²) in [6, 6.07) is 5.72. The fourth-order valence-corrected chi connectivity index (χ4v) is 5.74. The maximum Gasteiger partial charge on any atom is 0.244 e. The van der Waals surface area contributed by atoms with Crippen molar-refractivity contribution in [3.8, 4) is 0 Å². The molecule has 25 heavy (non-hydrogen) atoms. The van der Waals surface area contributed by atoms with Gasteiger partial charge in [-0.15, -0.1) is 11.3 Å². The first-order chi connectivity index (χ1) is 11.9. The molecule has 2 aromatic heterocycles. The van der Waals surface area contributed by atoms with Gasteiger partial charge in [0.05, 0.1) is 6.04 Å². The number of nitrogens with zero attached hydrogens (tertiary/aromatic N) is 2. The summed E-state index contributed by atoms with van der Waals surface area (Å²) in [4.78, 5) is 7.18. The minimum absolute atomic E-state index is 0.127. The van der Waals surface area contributed by atoms with Crippen molar-refractivity contribution < 1.29 is 8.42 Å². The van der Waals surface area contributed by atoms with Crippen molar-refractivity contribution in [2.45, 2.75) is 51.0 Å². The second-order valence-electron chi connectivity index (χ2n) is 6.58. The summed E-state index contributed by atoms with van der Waals surface area (Å²) in [5.41, 5.74) is 1.26. The largest absolute Gasteiger partial charge is 0.364 e. The van der Waals surface area contributed by atoms with Crippen LogP contribution in [-0.2, 0) is 10.0 Å². The molecule has 0 amide bonds. The Balaban J connectivity index is 1.72. The lowest BCUT2D eigenvalue weighted by Gasteiger charge is -2.25. The molecule has 1 N–H and O–H groups in total. The van der Waals surface area contributed by atoms with E-state index in [2.05, 4.69) is 37.1 Å². The Kier molecular flexibility index (Phi) is 5.46. The summed E-state index contributed by atoms with van der Waals surface area (Å²) in [5.74, 6) is 0.688. The molecule has 0 radical (unpaired) electrons. The van der Waals surface area contributed by atoms with Crippen molar-refractivity contribution in [3.05, 3.63) is 39.7 Å². The number of aromatic nitrogens is 1. The average Bonchev–Trinajstić information content (AvgIpc) is 2.94. The number of piperidine rings is 1. The van der Waals surface area contributed by atoms with Gasteiger partial charge in [0, 0.05) is 29.0 Å². The molecule has 3 rings (SSSR count). The molecule has 0 spiro atoms. The molecule has 136 valence electrons. The molecule has 0 aliphatic carbocycles. The third-order valence-electron chi connectivity index (χ3n) is 4.60. The second-order valence-corrected chi connectivity index (χ2v) is 9.98. The van der Waals surface area contributed by atoms with E-state index in [4.69, 9.17) is 0 Å². The van der Waals surface area contributed by atoms with Crippen LogP contribution in [0.1, 0.15) is 47.5 Å². The molecular weight excluding hydrogens is 354 g/mol. The molecular formula is C18H25N3O2S2.